The van der Waals surface area contributed by atoms with E-state index in [2.05, 4.69) is 20.8 Å². The van der Waals surface area contributed by atoms with Crippen LogP contribution in [0.15, 0.2) is 0 Å². The summed E-state index contributed by atoms with van der Waals surface area (Å²) in [5, 5.41) is 20.9. The van der Waals surface area contributed by atoms with Gasteiger partial charge in [0.05, 0.1) is 5.60 Å². The van der Waals surface area contributed by atoms with E-state index >= 15 is 0 Å². The molecule has 4 fully saturated rings. The standard InChI is InChI=1S/C25H44O2/c1-4-12-25(27)14-11-19-18(15-25)8-9-21-20(19)10-13-24(3)22(17(2)16-26)6-5-7-23(21)24/h17-23,26-27H,4-16H2,1-3H3/t17?,18-,19-,20+,21+,22+,23-,24+,25+/m0/s1. The van der Waals surface area contributed by atoms with E-state index in [1.54, 1.807) is 0 Å². The van der Waals surface area contributed by atoms with E-state index in [1.807, 2.05) is 0 Å². The van der Waals surface area contributed by atoms with Crippen molar-refractivity contribution in [1.29, 1.82) is 0 Å². The molecule has 156 valence electrons. The van der Waals surface area contributed by atoms with Crippen LogP contribution in [0.3, 0.4) is 0 Å². The van der Waals surface area contributed by atoms with Gasteiger partial charge in [0.1, 0.15) is 0 Å². The predicted octanol–water partition coefficient (Wildman–Crippen LogP) is 5.80. The van der Waals surface area contributed by atoms with Gasteiger partial charge in [0.25, 0.3) is 0 Å². The highest BCUT2D eigenvalue weighted by Gasteiger charge is 2.56. The maximum absolute atomic E-state index is 11.0. The Balaban J connectivity index is 1.51. The van der Waals surface area contributed by atoms with Crippen molar-refractivity contribution in [2.45, 2.75) is 103 Å². The second kappa shape index (κ2) is 7.63. The molecule has 4 aliphatic rings. The van der Waals surface area contributed by atoms with Crippen LogP contribution < -0.4 is 0 Å². The number of aliphatic hydroxyl groups is 2. The molecular formula is C25H44O2. The van der Waals surface area contributed by atoms with Crippen molar-refractivity contribution in [2.24, 2.45) is 46.8 Å². The van der Waals surface area contributed by atoms with Gasteiger partial charge in [-0.15, -0.1) is 0 Å². The number of fused-ring (bicyclic) bond motifs is 5. The van der Waals surface area contributed by atoms with Crippen LogP contribution >= 0.6 is 0 Å². The van der Waals surface area contributed by atoms with Crippen molar-refractivity contribution in [2.75, 3.05) is 6.61 Å². The van der Waals surface area contributed by atoms with Crippen LogP contribution in [0.1, 0.15) is 97.8 Å². The van der Waals surface area contributed by atoms with Gasteiger partial charge >= 0.3 is 0 Å². The zero-order valence-electron chi connectivity index (χ0n) is 18.1. The second-order valence-electron chi connectivity index (χ2n) is 11.4. The van der Waals surface area contributed by atoms with Gasteiger partial charge in [0.2, 0.25) is 0 Å². The minimum Gasteiger partial charge on any atom is -0.396 e. The van der Waals surface area contributed by atoms with Gasteiger partial charge in [-0.05, 0) is 111 Å². The topological polar surface area (TPSA) is 40.5 Å². The van der Waals surface area contributed by atoms with Crippen molar-refractivity contribution in [3.8, 4) is 0 Å². The normalized spacial score (nSPS) is 51.0. The first kappa shape index (κ1) is 20.2. The third kappa shape index (κ3) is 3.41. The molecule has 2 heteroatoms. The van der Waals surface area contributed by atoms with Crippen molar-refractivity contribution >= 4 is 0 Å². The molecule has 0 amide bonds. The highest BCUT2D eigenvalue weighted by molar-refractivity contribution is 5.06. The Morgan fingerprint density at radius 3 is 2.48 bits per heavy atom. The highest BCUT2D eigenvalue weighted by Crippen LogP contribution is 2.64. The Hall–Kier alpha value is -0.0800. The van der Waals surface area contributed by atoms with Crippen LogP contribution in [0.4, 0.5) is 0 Å². The first-order chi connectivity index (χ1) is 12.9. The minimum absolute atomic E-state index is 0.349. The van der Waals surface area contributed by atoms with Crippen LogP contribution in [-0.4, -0.2) is 22.4 Å². The molecule has 0 saturated heterocycles. The molecule has 2 nitrogen and oxygen atoms in total. The molecule has 27 heavy (non-hydrogen) atoms. The summed E-state index contributed by atoms with van der Waals surface area (Å²) in [5.74, 6) is 5.61. The molecule has 0 aromatic heterocycles. The first-order valence-corrected chi connectivity index (χ1v) is 12.2. The predicted molar refractivity (Wildman–Crippen MR) is 111 cm³/mol. The molecule has 0 aliphatic heterocycles. The lowest BCUT2D eigenvalue weighted by Crippen LogP contribution is -2.55. The van der Waals surface area contributed by atoms with Gasteiger partial charge in [-0.1, -0.05) is 33.6 Å². The van der Waals surface area contributed by atoms with Crippen molar-refractivity contribution in [3.05, 3.63) is 0 Å². The SMILES string of the molecule is CCC[C@@]1(O)CC[C@H]2[C@@H](CC[C@@H]3[C@@H]2CC[C@]2(C)[C@@H](C(C)CO)CCC[C@@H]32)C1. The van der Waals surface area contributed by atoms with E-state index in [4.69, 9.17) is 0 Å². The average molecular weight is 377 g/mol. The molecule has 4 saturated carbocycles. The molecule has 1 unspecified atom stereocenters. The van der Waals surface area contributed by atoms with E-state index < -0.39 is 0 Å². The van der Waals surface area contributed by atoms with Crippen LogP contribution in [-0.2, 0) is 0 Å². The van der Waals surface area contributed by atoms with Gasteiger partial charge in [-0.2, -0.15) is 0 Å². The molecule has 2 N–H and O–H groups in total. The maximum Gasteiger partial charge on any atom is 0.0650 e. The fourth-order valence-electron chi connectivity index (χ4n) is 8.96. The molecular weight excluding hydrogens is 332 g/mol. The van der Waals surface area contributed by atoms with Gasteiger partial charge in [-0.25, -0.2) is 0 Å². The third-order valence-corrected chi connectivity index (χ3v) is 10.1. The summed E-state index contributed by atoms with van der Waals surface area (Å²) in [4.78, 5) is 0. The Morgan fingerprint density at radius 1 is 0.963 bits per heavy atom. The van der Waals surface area contributed by atoms with Crippen LogP contribution in [0.5, 0.6) is 0 Å². The maximum atomic E-state index is 11.0. The quantitative estimate of drug-likeness (QED) is 0.650. The first-order valence-electron chi connectivity index (χ1n) is 12.2. The molecule has 0 bridgehead atoms. The Bertz CT molecular complexity index is 518. The van der Waals surface area contributed by atoms with Crippen LogP contribution in [0.2, 0.25) is 0 Å². The second-order valence-corrected chi connectivity index (χ2v) is 11.4. The largest absolute Gasteiger partial charge is 0.396 e. The molecule has 4 rings (SSSR count). The van der Waals surface area contributed by atoms with Crippen LogP contribution in [0, 0.1) is 46.8 Å². The summed E-state index contributed by atoms with van der Waals surface area (Å²) in [6.45, 7) is 7.46. The lowest BCUT2D eigenvalue weighted by molar-refractivity contribution is -0.139. The fourth-order valence-corrected chi connectivity index (χ4v) is 8.96. The molecule has 9 atom stereocenters. The Kier molecular flexibility index (Phi) is 5.71. The summed E-state index contributed by atoms with van der Waals surface area (Å²) < 4.78 is 0. The molecule has 0 aromatic carbocycles. The summed E-state index contributed by atoms with van der Waals surface area (Å²) in [5.41, 5.74) is 0.116. The fraction of sp³-hybridized carbons (Fsp3) is 1.00. The van der Waals surface area contributed by atoms with Crippen molar-refractivity contribution in [1.82, 2.24) is 0 Å². The molecule has 0 spiro atoms. The van der Waals surface area contributed by atoms with E-state index in [0.717, 1.165) is 61.2 Å². The highest BCUT2D eigenvalue weighted by atomic mass is 16.3. The molecule has 4 aliphatic carbocycles. The monoisotopic (exact) mass is 376 g/mol. The smallest absolute Gasteiger partial charge is 0.0650 e. The third-order valence-electron chi connectivity index (χ3n) is 10.1. The van der Waals surface area contributed by atoms with Gasteiger partial charge < -0.3 is 10.2 Å². The summed E-state index contributed by atoms with van der Waals surface area (Å²) >= 11 is 0. The van der Waals surface area contributed by atoms with Gasteiger partial charge in [0, 0.05) is 6.61 Å². The number of hydrogen-bond acceptors (Lipinski definition) is 2. The van der Waals surface area contributed by atoms with E-state index in [9.17, 15) is 10.2 Å². The number of rotatable bonds is 4. The molecule has 0 radical (unpaired) electrons. The zero-order valence-corrected chi connectivity index (χ0v) is 18.1. The van der Waals surface area contributed by atoms with E-state index in [0.29, 0.717) is 17.9 Å². The van der Waals surface area contributed by atoms with E-state index in [1.165, 1.54) is 51.4 Å². The zero-order chi connectivity index (χ0) is 19.2. The number of hydrogen-bond donors (Lipinski definition) is 2. The van der Waals surface area contributed by atoms with Crippen LogP contribution in [0.25, 0.3) is 0 Å². The molecule has 0 aromatic rings. The van der Waals surface area contributed by atoms with Crippen molar-refractivity contribution in [3.63, 3.8) is 0 Å². The number of aliphatic hydroxyl groups excluding tert-OH is 1. The van der Waals surface area contributed by atoms with Gasteiger partial charge in [-0.3, -0.25) is 0 Å². The summed E-state index contributed by atoms with van der Waals surface area (Å²) in [6, 6.07) is 0. The Morgan fingerprint density at radius 2 is 1.74 bits per heavy atom. The van der Waals surface area contributed by atoms with Gasteiger partial charge in [0.15, 0.2) is 0 Å². The summed E-state index contributed by atoms with van der Waals surface area (Å²) in [6.07, 6.45) is 15.3. The van der Waals surface area contributed by atoms with Crippen molar-refractivity contribution < 1.29 is 10.2 Å². The summed E-state index contributed by atoms with van der Waals surface area (Å²) in [7, 11) is 0. The molecule has 0 heterocycles. The lowest BCUT2D eigenvalue weighted by Gasteiger charge is -2.62. The average Bonchev–Trinajstić information content (AvgIpc) is 2.65. The Labute approximate surface area is 167 Å². The van der Waals surface area contributed by atoms with E-state index in [-0.39, 0.29) is 5.60 Å². The lowest BCUT2D eigenvalue weighted by atomic mass is 9.44. The minimum atomic E-state index is -0.349.